The molecule has 1 unspecified atom stereocenters. The van der Waals surface area contributed by atoms with Crippen LogP contribution in [0.2, 0.25) is 0 Å². The van der Waals surface area contributed by atoms with Crippen LogP contribution in [0.15, 0.2) is 30.3 Å². The van der Waals surface area contributed by atoms with Gasteiger partial charge in [0.1, 0.15) is 0 Å². The highest BCUT2D eigenvalue weighted by Gasteiger charge is 2.54. The van der Waals surface area contributed by atoms with E-state index in [9.17, 15) is 14.4 Å². The predicted molar refractivity (Wildman–Crippen MR) is 103 cm³/mol. The maximum atomic E-state index is 13.2. The van der Waals surface area contributed by atoms with Gasteiger partial charge in [-0.25, -0.2) is 0 Å². The van der Waals surface area contributed by atoms with Gasteiger partial charge in [0.2, 0.25) is 6.10 Å². The standard InChI is InChI=1S/C22H29NO5/c1-14-9-11-18(12-10-14)19-20(27-15(2)24)21(28-16(3)25)22(26)23(19)13-17-7-5-4-6-8-17/h4-8,14,18-21H,9-13H2,1-3H3/t14?,18?,19?,20-,21+/m0/s1. The number of hydrogen-bond donors (Lipinski definition) is 0. The topological polar surface area (TPSA) is 72.9 Å². The lowest BCUT2D eigenvalue weighted by Gasteiger charge is -2.37. The summed E-state index contributed by atoms with van der Waals surface area (Å²) in [6.07, 6.45) is 2.26. The quantitative estimate of drug-likeness (QED) is 0.726. The van der Waals surface area contributed by atoms with E-state index in [2.05, 4.69) is 6.92 Å². The summed E-state index contributed by atoms with van der Waals surface area (Å²) >= 11 is 0. The third-order valence-electron chi connectivity index (χ3n) is 5.86. The molecule has 0 aromatic heterocycles. The van der Waals surface area contributed by atoms with Crippen LogP contribution in [0.4, 0.5) is 0 Å². The Kier molecular flexibility index (Phi) is 6.37. The molecule has 3 atom stereocenters. The third-order valence-corrected chi connectivity index (χ3v) is 5.86. The fourth-order valence-electron chi connectivity index (χ4n) is 4.54. The normalized spacial score (nSPS) is 30.2. The summed E-state index contributed by atoms with van der Waals surface area (Å²) in [7, 11) is 0. The second-order valence-electron chi connectivity index (χ2n) is 8.07. The first-order valence-electron chi connectivity index (χ1n) is 10.1. The van der Waals surface area contributed by atoms with Crippen LogP contribution in [-0.4, -0.2) is 41.0 Å². The Bertz CT molecular complexity index is 711. The van der Waals surface area contributed by atoms with E-state index in [1.807, 2.05) is 30.3 Å². The second-order valence-corrected chi connectivity index (χ2v) is 8.07. The average molecular weight is 387 g/mol. The minimum absolute atomic E-state index is 0.216. The molecule has 1 saturated heterocycles. The van der Waals surface area contributed by atoms with E-state index in [4.69, 9.17) is 9.47 Å². The number of benzene rings is 1. The summed E-state index contributed by atoms with van der Waals surface area (Å²) in [5.41, 5.74) is 0.995. The maximum absolute atomic E-state index is 13.2. The molecule has 6 nitrogen and oxygen atoms in total. The van der Waals surface area contributed by atoms with Crippen molar-refractivity contribution >= 4 is 17.8 Å². The molecule has 1 heterocycles. The number of carbonyl (C=O) groups is 3. The molecule has 1 aromatic rings. The third kappa shape index (κ3) is 4.54. The van der Waals surface area contributed by atoms with Gasteiger partial charge in [-0.3, -0.25) is 14.4 Å². The van der Waals surface area contributed by atoms with Crippen LogP contribution in [0.3, 0.4) is 0 Å². The van der Waals surface area contributed by atoms with Crippen LogP contribution in [-0.2, 0) is 30.4 Å². The molecule has 1 aromatic carbocycles. The van der Waals surface area contributed by atoms with Crippen molar-refractivity contribution in [3.63, 3.8) is 0 Å². The van der Waals surface area contributed by atoms with Gasteiger partial charge in [-0.1, -0.05) is 50.1 Å². The number of rotatable bonds is 5. The molecule has 1 amide bonds. The zero-order valence-electron chi connectivity index (χ0n) is 16.8. The van der Waals surface area contributed by atoms with Gasteiger partial charge >= 0.3 is 11.9 Å². The monoisotopic (exact) mass is 387 g/mol. The van der Waals surface area contributed by atoms with Crippen LogP contribution < -0.4 is 0 Å². The summed E-state index contributed by atoms with van der Waals surface area (Å²) in [6.45, 7) is 5.25. The van der Waals surface area contributed by atoms with Crippen LogP contribution in [0.5, 0.6) is 0 Å². The molecule has 1 aliphatic heterocycles. The number of hydrogen-bond acceptors (Lipinski definition) is 5. The minimum Gasteiger partial charge on any atom is -0.456 e. The van der Waals surface area contributed by atoms with Crippen LogP contribution in [0.1, 0.15) is 52.0 Å². The van der Waals surface area contributed by atoms with Crippen molar-refractivity contribution in [1.82, 2.24) is 4.90 Å². The van der Waals surface area contributed by atoms with Gasteiger partial charge in [0, 0.05) is 20.4 Å². The molecule has 0 spiro atoms. The van der Waals surface area contributed by atoms with Gasteiger partial charge in [0.05, 0.1) is 6.04 Å². The summed E-state index contributed by atoms with van der Waals surface area (Å²) < 4.78 is 10.9. The van der Waals surface area contributed by atoms with Crippen LogP contribution in [0, 0.1) is 11.8 Å². The lowest BCUT2D eigenvalue weighted by molar-refractivity contribution is -0.166. The smallest absolute Gasteiger partial charge is 0.303 e. The van der Waals surface area contributed by atoms with E-state index < -0.39 is 24.1 Å². The van der Waals surface area contributed by atoms with Crippen molar-refractivity contribution in [2.24, 2.45) is 11.8 Å². The van der Waals surface area contributed by atoms with Crippen molar-refractivity contribution in [2.45, 2.75) is 71.2 Å². The highest BCUT2D eigenvalue weighted by molar-refractivity contribution is 5.87. The van der Waals surface area contributed by atoms with E-state index in [1.165, 1.54) is 13.8 Å². The molecule has 28 heavy (non-hydrogen) atoms. The fourth-order valence-corrected chi connectivity index (χ4v) is 4.54. The lowest BCUT2D eigenvalue weighted by atomic mass is 9.77. The van der Waals surface area contributed by atoms with E-state index in [0.29, 0.717) is 12.5 Å². The SMILES string of the molecule is CC(=O)O[C@H]1C(=O)N(Cc2ccccc2)C(C2CCC(C)CC2)[C@@H]1OC(C)=O. The molecular weight excluding hydrogens is 358 g/mol. The van der Waals surface area contributed by atoms with Gasteiger partial charge in [-0.15, -0.1) is 0 Å². The van der Waals surface area contributed by atoms with Crippen molar-refractivity contribution < 1.29 is 23.9 Å². The molecule has 0 N–H and O–H groups in total. The number of amides is 1. The summed E-state index contributed by atoms with van der Waals surface area (Å²) in [5, 5.41) is 0. The van der Waals surface area contributed by atoms with E-state index in [0.717, 1.165) is 31.2 Å². The molecule has 2 fully saturated rings. The first-order valence-corrected chi connectivity index (χ1v) is 10.1. The largest absolute Gasteiger partial charge is 0.456 e. The predicted octanol–water partition coefficient (Wildman–Crippen LogP) is 3.09. The molecule has 0 radical (unpaired) electrons. The van der Waals surface area contributed by atoms with Gasteiger partial charge in [-0.2, -0.15) is 0 Å². The number of likely N-dealkylation sites (tertiary alicyclic amines) is 1. The van der Waals surface area contributed by atoms with Gasteiger partial charge in [0.25, 0.3) is 5.91 Å². The highest BCUT2D eigenvalue weighted by Crippen LogP contribution is 2.39. The molecule has 2 aliphatic rings. The Morgan fingerprint density at radius 1 is 1.00 bits per heavy atom. The molecule has 6 heteroatoms. The van der Waals surface area contributed by atoms with Crippen molar-refractivity contribution in [3.8, 4) is 0 Å². The maximum Gasteiger partial charge on any atom is 0.303 e. The number of carbonyl (C=O) groups excluding carboxylic acids is 3. The van der Waals surface area contributed by atoms with Crippen LogP contribution >= 0.6 is 0 Å². The lowest BCUT2D eigenvalue weighted by Crippen LogP contribution is -2.45. The molecule has 1 aliphatic carbocycles. The fraction of sp³-hybridized carbons (Fsp3) is 0.591. The Morgan fingerprint density at radius 2 is 1.61 bits per heavy atom. The second kappa shape index (κ2) is 8.76. The first kappa shape index (κ1) is 20.4. The minimum atomic E-state index is -1.07. The number of ether oxygens (including phenoxy) is 2. The number of nitrogens with zero attached hydrogens (tertiary/aromatic N) is 1. The van der Waals surface area contributed by atoms with Crippen molar-refractivity contribution in [3.05, 3.63) is 35.9 Å². The van der Waals surface area contributed by atoms with Gasteiger partial charge in [-0.05, 0) is 30.2 Å². The van der Waals surface area contributed by atoms with Gasteiger partial charge < -0.3 is 14.4 Å². The highest BCUT2D eigenvalue weighted by atomic mass is 16.6. The summed E-state index contributed by atoms with van der Waals surface area (Å²) in [5.74, 6) is -0.422. The van der Waals surface area contributed by atoms with E-state index in [1.54, 1.807) is 4.90 Å². The molecule has 3 rings (SSSR count). The van der Waals surface area contributed by atoms with Crippen molar-refractivity contribution in [2.75, 3.05) is 0 Å². The Labute approximate surface area is 166 Å². The molecule has 152 valence electrons. The van der Waals surface area contributed by atoms with Crippen LogP contribution in [0.25, 0.3) is 0 Å². The summed E-state index contributed by atoms with van der Waals surface area (Å²) in [4.78, 5) is 38.4. The Hall–Kier alpha value is -2.37. The Morgan fingerprint density at radius 3 is 2.18 bits per heavy atom. The van der Waals surface area contributed by atoms with Crippen molar-refractivity contribution in [1.29, 1.82) is 0 Å². The van der Waals surface area contributed by atoms with E-state index >= 15 is 0 Å². The first-order chi connectivity index (χ1) is 13.4. The van der Waals surface area contributed by atoms with Gasteiger partial charge in [0.15, 0.2) is 6.10 Å². The van der Waals surface area contributed by atoms with E-state index in [-0.39, 0.29) is 17.9 Å². The average Bonchev–Trinajstić information content (AvgIpc) is 2.88. The zero-order chi connectivity index (χ0) is 20.3. The zero-order valence-corrected chi connectivity index (χ0v) is 16.8. The Balaban J connectivity index is 1.93. The molecule has 0 bridgehead atoms. The molecular formula is C22H29NO5. The molecule has 1 saturated carbocycles. The number of esters is 2. The summed E-state index contributed by atoms with van der Waals surface area (Å²) in [6, 6.07) is 9.44.